The number of nitrogens with one attached hydrogen (secondary N) is 2. The van der Waals surface area contributed by atoms with Crippen LogP contribution in [-0.2, 0) is 15.0 Å². The SMILES string of the molecule is CCCCCC(CC(=O)Nc1cc(C(=O)NCC=O)ccc1C(C)(C)C)c1cccc(C)c1OC. The van der Waals surface area contributed by atoms with Gasteiger partial charge in [-0.1, -0.05) is 71.2 Å². The fraction of sp³-hybridized carbons (Fsp3) is 0.483. The highest BCUT2D eigenvalue weighted by Gasteiger charge is 2.24. The van der Waals surface area contributed by atoms with Gasteiger partial charge in [-0.3, -0.25) is 9.59 Å². The topological polar surface area (TPSA) is 84.5 Å². The first-order chi connectivity index (χ1) is 16.6. The molecule has 0 saturated carbocycles. The highest BCUT2D eigenvalue weighted by Crippen LogP contribution is 2.36. The van der Waals surface area contributed by atoms with Crippen molar-refractivity contribution < 1.29 is 19.1 Å². The summed E-state index contributed by atoms with van der Waals surface area (Å²) >= 11 is 0. The van der Waals surface area contributed by atoms with Crippen molar-refractivity contribution in [2.45, 2.75) is 78.1 Å². The van der Waals surface area contributed by atoms with E-state index in [0.717, 1.165) is 48.1 Å². The van der Waals surface area contributed by atoms with Gasteiger partial charge in [-0.25, -0.2) is 0 Å². The molecule has 190 valence electrons. The molecule has 6 nitrogen and oxygen atoms in total. The molecule has 0 aromatic heterocycles. The van der Waals surface area contributed by atoms with Gasteiger partial charge in [-0.05, 0) is 53.5 Å². The van der Waals surface area contributed by atoms with Crippen LogP contribution in [0.15, 0.2) is 36.4 Å². The van der Waals surface area contributed by atoms with Gasteiger partial charge >= 0.3 is 0 Å². The van der Waals surface area contributed by atoms with E-state index in [0.29, 0.717) is 24.0 Å². The lowest BCUT2D eigenvalue weighted by molar-refractivity contribution is -0.116. The molecule has 0 fully saturated rings. The van der Waals surface area contributed by atoms with E-state index in [2.05, 4.69) is 38.3 Å². The Morgan fingerprint density at radius 3 is 2.49 bits per heavy atom. The molecule has 2 N–H and O–H groups in total. The monoisotopic (exact) mass is 480 g/mol. The predicted octanol–water partition coefficient (Wildman–Crippen LogP) is 5.92. The van der Waals surface area contributed by atoms with E-state index in [1.54, 1.807) is 19.2 Å². The van der Waals surface area contributed by atoms with Gasteiger partial charge in [-0.15, -0.1) is 0 Å². The van der Waals surface area contributed by atoms with E-state index in [9.17, 15) is 14.4 Å². The Labute approximate surface area is 209 Å². The highest BCUT2D eigenvalue weighted by atomic mass is 16.5. The van der Waals surface area contributed by atoms with Crippen LogP contribution in [0.2, 0.25) is 0 Å². The molecule has 1 atom stereocenters. The molecule has 0 saturated heterocycles. The summed E-state index contributed by atoms with van der Waals surface area (Å²) in [5, 5.41) is 5.64. The average molecular weight is 481 g/mol. The van der Waals surface area contributed by atoms with Crippen molar-refractivity contribution in [3.8, 4) is 5.75 Å². The van der Waals surface area contributed by atoms with E-state index in [4.69, 9.17) is 4.74 Å². The Balaban J connectivity index is 2.34. The lowest BCUT2D eigenvalue weighted by Gasteiger charge is -2.25. The normalized spacial score (nSPS) is 12.1. The Bertz CT molecular complexity index is 1020. The van der Waals surface area contributed by atoms with Crippen LogP contribution in [0.3, 0.4) is 0 Å². The lowest BCUT2D eigenvalue weighted by atomic mass is 9.84. The van der Waals surface area contributed by atoms with Crippen LogP contribution in [0.1, 0.15) is 92.8 Å². The predicted molar refractivity (Wildman–Crippen MR) is 141 cm³/mol. The van der Waals surface area contributed by atoms with Crippen LogP contribution in [0.5, 0.6) is 5.75 Å². The van der Waals surface area contributed by atoms with Crippen LogP contribution < -0.4 is 15.4 Å². The number of ether oxygens (including phenoxy) is 1. The average Bonchev–Trinajstić information content (AvgIpc) is 2.81. The number of carbonyl (C=O) groups is 3. The van der Waals surface area contributed by atoms with Gasteiger partial charge in [-0.2, -0.15) is 0 Å². The third-order valence-electron chi connectivity index (χ3n) is 6.18. The largest absolute Gasteiger partial charge is 0.496 e. The Morgan fingerprint density at radius 1 is 1.11 bits per heavy atom. The molecule has 2 rings (SSSR count). The van der Waals surface area contributed by atoms with E-state index in [-0.39, 0.29) is 29.7 Å². The number of rotatable bonds is 12. The van der Waals surface area contributed by atoms with Crippen LogP contribution in [0, 0.1) is 6.92 Å². The Morgan fingerprint density at radius 2 is 1.86 bits per heavy atom. The number of hydrogen-bond donors (Lipinski definition) is 2. The van der Waals surface area contributed by atoms with Crippen LogP contribution in [-0.4, -0.2) is 31.8 Å². The first-order valence-corrected chi connectivity index (χ1v) is 12.4. The van der Waals surface area contributed by atoms with E-state index < -0.39 is 0 Å². The quantitative estimate of drug-likeness (QED) is 0.292. The molecule has 0 spiro atoms. The third-order valence-corrected chi connectivity index (χ3v) is 6.18. The van der Waals surface area contributed by atoms with Crippen molar-refractivity contribution >= 4 is 23.8 Å². The van der Waals surface area contributed by atoms with Gasteiger partial charge in [0.05, 0.1) is 13.7 Å². The van der Waals surface area contributed by atoms with Crippen molar-refractivity contribution in [2.24, 2.45) is 0 Å². The smallest absolute Gasteiger partial charge is 0.251 e. The maximum atomic E-state index is 13.3. The van der Waals surface area contributed by atoms with Crippen LogP contribution in [0.25, 0.3) is 0 Å². The van der Waals surface area contributed by atoms with Gasteiger partial charge < -0.3 is 20.2 Å². The molecule has 0 aliphatic heterocycles. The Hall–Kier alpha value is -3.15. The standard InChI is InChI=1S/C29H40N2O4/c1-7-8-9-12-21(23-13-10-11-20(2)27(23)35-6)19-26(33)31-25-18-22(28(34)30-16-17-32)14-15-24(25)29(3,4)5/h10-11,13-15,17-18,21H,7-9,12,16,19H2,1-6H3,(H,30,34)(H,31,33). The molecule has 2 aromatic rings. The number of carbonyl (C=O) groups excluding carboxylic acids is 3. The fourth-order valence-electron chi connectivity index (χ4n) is 4.39. The van der Waals surface area contributed by atoms with E-state index in [1.807, 2.05) is 31.2 Å². The molecule has 0 bridgehead atoms. The summed E-state index contributed by atoms with van der Waals surface area (Å²) in [7, 11) is 1.67. The number of methoxy groups -OCH3 is 1. The summed E-state index contributed by atoms with van der Waals surface area (Å²) in [6, 6.07) is 11.4. The molecule has 35 heavy (non-hydrogen) atoms. The molecular formula is C29H40N2O4. The minimum absolute atomic E-state index is 0.0218. The first-order valence-electron chi connectivity index (χ1n) is 12.4. The maximum absolute atomic E-state index is 13.3. The molecule has 0 radical (unpaired) electrons. The van der Waals surface area contributed by atoms with Crippen molar-refractivity contribution in [1.82, 2.24) is 5.32 Å². The Kier molecular flexibility index (Phi) is 10.5. The van der Waals surface area contributed by atoms with E-state index >= 15 is 0 Å². The molecule has 2 amide bonds. The number of benzene rings is 2. The molecular weight excluding hydrogens is 440 g/mol. The van der Waals surface area contributed by atoms with Gasteiger partial charge in [0.2, 0.25) is 5.91 Å². The number of para-hydroxylation sites is 1. The number of hydrogen-bond acceptors (Lipinski definition) is 4. The minimum Gasteiger partial charge on any atom is -0.496 e. The second kappa shape index (κ2) is 13.1. The molecule has 0 aliphatic rings. The molecule has 0 aliphatic carbocycles. The molecule has 0 heterocycles. The van der Waals surface area contributed by atoms with Gasteiger partial charge in [0.15, 0.2) is 0 Å². The second-order valence-electron chi connectivity index (χ2n) is 10.0. The van der Waals surface area contributed by atoms with Crippen molar-refractivity contribution in [3.05, 3.63) is 58.7 Å². The van der Waals surface area contributed by atoms with Crippen molar-refractivity contribution in [2.75, 3.05) is 19.0 Å². The molecule has 1 unspecified atom stereocenters. The second-order valence-corrected chi connectivity index (χ2v) is 10.0. The highest BCUT2D eigenvalue weighted by molar-refractivity contribution is 5.98. The first kappa shape index (κ1) is 28.1. The number of amides is 2. The molecule has 2 aromatic carbocycles. The number of aldehydes is 1. The summed E-state index contributed by atoms with van der Waals surface area (Å²) in [6.45, 7) is 10.3. The summed E-state index contributed by atoms with van der Waals surface area (Å²) in [5.74, 6) is 0.403. The molecule has 6 heteroatoms. The zero-order valence-corrected chi connectivity index (χ0v) is 22.0. The summed E-state index contributed by atoms with van der Waals surface area (Å²) in [6.07, 6.45) is 5.10. The lowest BCUT2D eigenvalue weighted by Crippen LogP contribution is -2.26. The summed E-state index contributed by atoms with van der Waals surface area (Å²) in [5.41, 5.74) is 3.82. The maximum Gasteiger partial charge on any atom is 0.251 e. The van der Waals surface area contributed by atoms with Crippen molar-refractivity contribution in [1.29, 1.82) is 0 Å². The van der Waals surface area contributed by atoms with Crippen molar-refractivity contribution in [3.63, 3.8) is 0 Å². The zero-order chi connectivity index (χ0) is 26.0. The van der Waals surface area contributed by atoms with Crippen LogP contribution >= 0.6 is 0 Å². The number of aryl methyl sites for hydroxylation is 1. The van der Waals surface area contributed by atoms with Gasteiger partial charge in [0.25, 0.3) is 5.91 Å². The number of anilines is 1. The van der Waals surface area contributed by atoms with Gasteiger partial charge in [0.1, 0.15) is 12.0 Å². The fourth-order valence-corrected chi connectivity index (χ4v) is 4.39. The number of unbranched alkanes of at least 4 members (excludes halogenated alkanes) is 2. The minimum atomic E-state index is -0.352. The van der Waals surface area contributed by atoms with E-state index in [1.165, 1.54) is 0 Å². The zero-order valence-electron chi connectivity index (χ0n) is 22.0. The summed E-state index contributed by atoms with van der Waals surface area (Å²) < 4.78 is 5.70. The summed E-state index contributed by atoms with van der Waals surface area (Å²) in [4.78, 5) is 36.4. The van der Waals surface area contributed by atoms with Crippen LogP contribution in [0.4, 0.5) is 5.69 Å². The third kappa shape index (κ3) is 7.94. The van der Waals surface area contributed by atoms with Gasteiger partial charge in [0, 0.05) is 17.7 Å².